The Balaban J connectivity index is 2.13. The maximum absolute atomic E-state index is 10.4. The first-order valence-electron chi connectivity index (χ1n) is 5.45. The lowest BCUT2D eigenvalue weighted by Crippen LogP contribution is -1.87. The lowest BCUT2D eigenvalue weighted by molar-refractivity contribution is -0.131. The molecule has 0 spiro atoms. The summed E-state index contributed by atoms with van der Waals surface area (Å²) in [6.07, 6.45) is 3.22. The average molecular weight is 293 g/mol. The molecular formula is C13H11NO3S2. The monoisotopic (exact) mass is 293 g/mol. The van der Waals surface area contributed by atoms with E-state index in [2.05, 4.69) is 4.98 Å². The molecule has 0 atom stereocenters. The van der Waals surface area contributed by atoms with Crippen LogP contribution in [-0.4, -0.2) is 21.2 Å². The van der Waals surface area contributed by atoms with E-state index in [-0.39, 0.29) is 5.88 Å². The van der Waals surface area contributed by atoms with Crippen LogP contribution in [0, 0.1) is 3.95 Å². The van der Waals surface area contributed by atoms with Crippen molar-refractivity contribution in [2.24, 2.45) is 0 Å². The van der Waals surface area contributed by atoms with Crippen molar-refractivity contribution in [3.05, 3.63) is 50.3 Å². The van der Waals surface area contributed by atoms with E-state index in [1.807, 2.05) is 24.3 Å². The molecule has 0 aliphatic rings. The number of rotatable bonds is 4. The molecule has 98 valence electrons. The maximum atomic E-state index is 10.4. The van der Waals surface area contributed by atoms with E-state index in [1.54, 1.807) is 0 Å². The summed E-state index contributed by atoms with van der Waals surface area (Å²) in [4.78, 5) is 13.9. The van der Waals surface area contributed by atoms with Gasteiger partial charge in [0.25, 0.3) is 0 Å². The molecule has 1 aromatic carbocycles. The van der Waals surface area contributed by atoms with Crippen molar-refractivity contribution >= 4 is 35.6 Å². The first kappa shape index (κ1) is 13.5. The minimum absolute atomic E-state index is 0.116. The second kappa shape index (κ2) is 5.81. The zero-order valence-corrected chi connectivity index (χ0v) is 11.4. The molecule has 2 aromatic rings. The van der Waals surface area contributed by atoms with Gasteiger partial charge in [-0.3, -0.25) is 0 Å². The van der Waals surface area contributed by atoms with E-state index >= 15 is 0 Å². The van der Waals surface area contributed by atoms with Gasteiger partial charge < -0.3 is 15.2 Å². The minimum atomic E-state index is -0.971. The molecule has 2 rings (SSSR count). The fourth-order valence-corrected chi connectivity index (χ4v) is 2.73. The molecular weight excluding hydrogens is 282 g/mol. The van der Waals surface area contributed by atoms with Crippen molar-refractivity contribution in [2.75, 3.05) is 0 Å². The van der Waals surface area contributed by atoms with Crippen molar-refractivity contribution in [2.45, 2.75) is 6.42 Å². The van der Waals surface area contributed by atoms with Gasteiger partial charge in [-0.25, -0.2) is 4.79 Å². The second-order valence-corrected chi connectivity index (χ2v) is 5.65. The van der Waals surface area contributed by atoms with Crippen LogP contribution in [-0.2, 0) is 11.2 Å². The third kappa shape index (κ3) is 3.77. The van der Waals surface area contributed by atoms with E-state index in [1.165, 1.54) is 17.4 Å². The molecule has 0 saturated heterocycles. The third-order valence-corrected chi connectivity index (χ3v) is 3.69. The van der Waals surface area contributed by atoms with Crippen LogP contribution in [0.2, 0.25) is 0 Å². The van der Waals surface area contributed by atoms with Gasteiger partial charge in [0.05, 0.1) is 4.88 Å². The smallest absolute Gasteiger partial charge is 0.328 e. The SMILES string of the molecule is O=C(O)C=Cc1ccc(Cc2sc(=S)[nH]c2O)cc1. The van der Waals surface area contributed by atoms with Crippen LogP contribution in [0.4, 0.5) is 0 Å². The summed E-state index contributed by atoms with van der Waals surface area (Å²) in [6.45, 7) is 0. The second-order valence-electron chi connectivity index (χ2n) is 3.88. The lowest BCUT2D eigenvalue weighted by atomic mass is 10.1. The highest BCUT2D eigenvalue weighted by Gasteiger charge is 2.05. The number of hydrogen-bond acceptors (Lipinski definition) is 4. The van der Waals surface area contributed by atoms with Gasteiger partial charge in [-0.05, 0) is 29.4 Å². The molecule has 1 aromatic heterocycles. The molecule has 0 fully saturated rings. The summed E-state index contributed by atoms with van der Waals surface area (Å²) in [5.41, 5.74) is 1.84. The lowest BCUT2D eigenvalue weighted by Gasteiger charge is -2.00. The number of aromatic nitrogens is 1. The normalized spacial score (nSPS) is 10.9. The molecule has 19 heavy (non-hydrogen) atoms. The molecule has 0 aliphatic carbocycles. The zero-order chi connectivity index (χ0) is 13.8. The Kier molecular flexibility index (Phi) is 4.13. The van der Waals surface area contributed by atoms with E-state index in [4.69, 9.17) is 17.3 Å². The molecule has 0 bridgehead atoms. The molecule has 0 unspecified atom stereocenters. The Bertz CT molecular complexity index is 668. The summed E-state index contributed by atoms with van der Waals surface area (Å²) in [7, 11) is 0. The molecule has 0 radical (unpaired) electrons. The Labute approximate surface area is 118 Å². The molecule has 3 N–H and O–H groups in total. The van der Waals surface area contributed by atoms with Crippen molar-refractivity contribution in [1.82, 2.24) is 4.98 Å². The number of thiazole rings is 1. The summed E-state index contributed by atoms with van der Waals surface area (Å²) >= 11 is 6.30. The molecule has 0 saturated carbocycles. The third-order valence-electron chi connectivity index (χ3n) is 2.46. The van der Waals surface area contributed by atoms with Crippen molar-refractivity contribution in [1.29, 1.82) is 0 Å². The summed E-state index contributed by atoms with van der Waals surface area (Å²) in [5.74, 6) is -0.856. The molecule has 0 aliphatic heterocycles. The first-order chi connectivity index (χ1) is 9.04. The molecule has 6 heteroatoms. The maximum Gasteiger partial charge on any atom is 0.328 e. The number of aromatic hydroxyl groups is 1. The highest BCUT2D eigenvalue weighted by atomic mass is 32.1. The highest BCUT2D eigenvalue weighted by molar-refractivity contribution is 7.73. The number of aromatic amines is 1. The van der Waals surface area contributed by atoms with Gasteiger partial charge in [0.1, 0.15) is 0 Å². The Hall–Kier alpha value is -1.92. The fourth-order valence-electron chi connectivity index (χ4n) is 1.57. The topological polar surface area (TPSA) is 73.3 Å². The standard InChI is InChI=1S/C13H11NO3S2/c15-11(16)6-5-8-1-3-9(4-2-8)7-10-12(17)14-13(18)19-10/h1-6,17H,7H2,(H,14,18)(H,15,16). The molecule has 4 nitrogen and oxygen atoms in total. The number of carboxylic acid groups (broad SMARTS) is 1. The summed E-state index contributed by atoms with van der Waals surface area (Å²) in [6, 6.07) is 7.45. The number of H-pyrrole nitrogens is 1. The minimum Gasteiger partial charge on any atom is -0.494 e. The highest BCUT2D eigenvalue weighted by Crippen LogP contribution is 2.24. The number of aliphatic carboxylic acids is 1. The first-order valence-corrected chi connectivity index (χ1v) is 6.68. The van der Waals surface area contributed by atoms with Crippen molar-refractivity contribution in [3.63, 3.8) is 0 Å². The number of benzene rings is 1. The van der Waals surface area contributed by atoms with Crippen LogP contribution in [0.15, 0.2) is 30.3 Å². The van der Waals surface area contributed by atoms with Crippen LogP contribution in [0.1, 0.15) is 16.0 Å². The predicted molar refractivity (Wildman–Crippen MR) is 77.1 cm³/mol. The van der Waals surface area contributed by atoms with Gasteiger partial charge in [-0.2, -0.15) is 0 Å². The zero-order valence-electron chi connectivity index (χ0n) is 9.79. The Morgan fingerprint density at radius 2 is 2.05 bits per heavy atom. The van der Waals surface area contributed by atoms with E-state index in [9.17, 15) is 9.90 Å². The van der Waals surface area contributed by atoms with Crippen molar-refractivity contribution < 1.29 is 15.0 Å². The van der Waals surface area contributed by atoms with Gasteiger partial charge in [0.2, 0.25) is 5.88 Å². The number of nitrogens with one attached hydrogen (secondary N) is 1. The number of hydrogen-bond donors (Lipinski definition) is 3. The van der Waals surface area contributed by atoms with Gasteiger partial charge in [0.15, 0.2) is 3.95 Å². The number of carboxylic acids is 1. The molecule has 0 amide bonds. The van der Waals surface area contributed by atoms with E-state index in [0.717, 1.165) is 22.1 Å². The quantitative estimate of drug-likeness (QED) is 0.598. The summed E-state index contributed by atoms with van der Waals surface area (Å²) < 4.78 is 0.550. The average Bonchev–Trinajstić information content (AvgIpc) is 2.67. The molecule has 1 heterocycles. The summed E-state index contributed by atoms with van der Waals surface area (Å²) in [5, 5.41) is 18.1. The van der Waals surface area contributed by atoms with Crippen molar-refractivity contribution in [3.8, 4) is 5.88 Å². The van der Waals surface area contributed by atoms with Gasteiger partial charge >= 0.3 is 5.97 Å². The largest absolute Gasteiger partial charge is 0.494 e. The van der Waals surface area contributed by atoms with Crippen LogP contribution in [0.25, 0.3) is 6.08 Å². The van der Waals surface area contributed by atoms with E-state index < -0.39 is 5.97 Å². The number of carbonyl (C=O) groups is 1. The fraction of sp³-hybridized carbons (Fsp3) is 0.0769. The van der Waals surface area contributed by atoms with Gasteiger partial charge in [0, 0.05) is 12.5 Å². The van der Waals surface area contributed by atoms with Gasteiger partial charge in [-0.15, -0.1) is 11.3 Å². The van der Waals surface area contributed by atoms with Gasteiger partial charge in [-0.1, -0.05) is 24.3 Å². The van der Waals surface area contributed by atoms with E-state index in [0.29, 0.717) is 10.4 Å². The van der Waals surface area contributed by atoms with Crippen LogP contribution < -0.4 is 0 Å². The predicted octanol–water partition coefficient (Wildman–Crippen LogP) is 3.20. The van der Waals surface area contributed by atoms with Crippen LogP contribution in [0.5, 0.6) is 5.88 Å². The van der Waals surface area contributed by atoms with Crippen LogP contribution in [0.3, 0.4) is 0 Å². The van der Waals surface area contributed by atoms with Crippen LogP contribution >= 0.6 is 23.6 Å². The Morgan fingerprint density at radius 1 is 1.37 bits per heavy atom. The Morgan fingerprint density at radius 3 is 2.58 bits per heavy atom.